The zero-order valence-corrected chi connectivity index (χ0v) is 17.0. The van der Waals surface area contributed by atoms with Gasteiger partial charge >= 0.3 is 5.69 Å². The molecule has 7 nitrogen and oxygen atoms in total. The van der Waals surface area contributed by atoms with Crippen LogP contribution in [-0.2, 0) is 17.9 Å². The fourth-order valence-corrected chi connectivity index (χ4v) is 2.76. The molecule has 0 aliphatic carbocycles. The summed E-state index contributed by atoms with van der Waals surface area (Å²) >= 11 is 5.82. The zero-order valence-electron chi connectivity index (χ0n) is 16.2. The Morgan fingerprint density at radius 2 is 1.64 bits per heavy atom. The first kappa shape index (κ1) is 21.8. The molecular weight excluding hydrogens is 382 g/mol. The highest BCUT2D eigenvalue weighted by molar-refractivity contribution is 6.30. The van der Waals surface area contributed by atoms with Crippen molar-refractivity contribution in [3.05, 3.63) is 56.2 Å². The van der Waals surface area contributed by atoms with Gasteiger partial charge in [0.1, 0.15) is 11.6 Å². The zero-order chi connectivity index (χ0) is 20.5. The predicted octanol–water partition coefficient (Wildman–Crippen LogP) is 3.28. The molecule has 28 heavy (non-hydrogen) atoms. The molecule has 0 radical (unpaired) electrons. The van der Waals surface area contributed by atoms with E-state index < -0.39 is 17.2 Å². The maximum Gasteiger partial charge on any atom is 0.332 e. The number of benzene rings is 1. The van der Waals surface area contributed by atoms with Crippen LogP contribution >= 0.6 is 11.6 Å². The highest BCUT2D eigenvalue weighted by Crippen LogP contribution is 2.15. The van der Waals surface area contributed by atoms with Crippen molar-refractivity contribution in [3.8, 4) is 5.75 Å². The van der Waals surface area contributed by atoms with Gasteiger partial charge in [-0.3, -0.25) is 18.7 Å². The summed E-state index contributed by atoms with van der Waals surface area (Å²) in [7, 11) is 0. The van der Waals surface area contributed by atoms with E-state index in [1.165, 1.54) is 15.2 Å². The summed E-state index contributed by atoms with van der Waals surface area (Å²) < 4.78 is 8.08. The number of carbonyl (C=O) groups is 1. The lowest BCUT2D eigenvalue weighted by atomic mass is 10.3. The van der Waals surface area contributed by atoms with Gasteiger partial charge in [0.05, 0.1) is 0 Å². The molecule has 1 heterocycles. The standard InChI is InChI=1S/C20H26ClN3O4/c1-3-5-11-23-17(13-19(26)24(20(23)27)12-6-4-2)22-18(25)14-28-16-9-7-15(21)8-10-16/h7-10,13H,3-6,11-12,14H2,1-2H3,(H,22,25). The first-order valence-corrected chi connectivity index (χ1v) is 9.87. The third-order valence-electron chi connectivity index (χ3n) is 4.20. The van der Waals surface area contributed by atoms with Gasteiger partial charge in [0.15, 0.2) is 6.61 Å². The molecule has 0 saturated carbocycles. The van der Waals surface area contributed by atoms with Crippen molar-refractivity contribution in [2.75, 3.05) is 11.9 Å². The minimum atomic E-state index is -0.453. The molecule has 0 spiro atoms. The van der Waals surface area contributed by atoms with E-state index in [0.29, 0.717) is 23.9 Å². The maximum absolute atomic E-state index is 12.7. The molecule has 0 fully saturated rings. The number of unbranched alkanes of at least 4 members (excludes halogenated alkanes) is 2. The van der Waals surface area contributed by atoms with Gasteiger partial charge in [-0.15, -0.1) is 0 Å². The number of nitrogens with zero attached hydrogens (tertiary/aromatic N) is 2. The van der Waals surface area contributed by atoms with Crippen molar-refractivity contribution in [2.24, 2.45) is 0 Å². The molecule has 0 aliphatic heterocycles. The second kappa shape index (κ2) is 10.7. The molecule has 1 N–H and O–H groups in total. The summed E-state index contributed by atoms with van der Waals surface area (Å²) in [6.07, 6.45) is 3.26. The van der Waals surface area contributed by atoms with Gasteiger partial charge in [-0.25, -0.2) is 4.79 Å². The number of nitrogens with one attached hydrogen (secondary N) is 1. The molecule has 152 valence electrons. The third-order valence-corrected chi connectivity index (χ3v) is 4.45. The van der Waals surface area contributed by atoms with Crippen LogP contribution in [0.3, 0.4) is 0 Å². The molecule has 2 aromatic rings. The van der Waals surface area contributed by atoms with Crippen molar-refractivity contribution in [3.63, 3.8) is 0 Å². The number of rotatable bonds is 10. The van der Waals surface area contributed by atoms with Crippen LogP contribution in [0, 0.1) is 0 Å². The van der Waals surface area contributed by atoms with Crippen LogP contribution in [0.2, 0.25) is 5.02 Å². The second-order valence-corrected chi connectivity index (χ2v) is 6.89. The van der Waals surface area contributed by atoms with E-state index in [9.17, 15) is 14.4 Å². The quantitative estimate of drug-likeness (QED) is 0.655. The van der Waals surface area contributed by atoms with Gasteiger partial charge in [0.25, 0.3) is 11.5 Å². The Morgan fingerprint density at radius 3 is 2.25 bits per heavy atom. The van der Waals surface area contributed by atoms with Gasteiger partial charge < -0.3 is 10.1 Å². The van der Waals surface area contributed by atoms with Crippen molar-refractivity contribution >= 4 is 23.3 Å². The van der Waals surface area contributed by atoms with Crippen LogP contribution < -0.4 is 21.3 Å². The first-order chi connectivity index (χ1) is 13.5. The van der Waals surface area contributed by atoms with Gasteiger partial charge in [-0.1, -0.05) is 38.3 Å². The van der Waals surface area contributed by atoms with E-state index in [4.69, 9.17) is 16.3 Å². The van der Waals surface area contributed by atoms with Gasteiger partial charge in [-0.05, 0) is 37.1 Å². The molecule has 0 atom stereocenters. The summed E-state index contributed by atoms with van der Waals surface area (Å²) in [4.78, 5) is 37.4. The van der Waals surface area contributed by atoms with Crippen LogP contribution in [-0.4, -0.2) is 21.6 Å². The number of carbonyl (C=O) groups excluding carboxylic acids is 1. The van der Waals surface area contributed by atoms with E-state index in [-0.39, 0.29) is 12.4 Å². The Bertz CT molecular complexity index is 903. The lowest BCUT2D eigenvalue weighted by Gasteiger charge is -2.16. The third kappa shape index (κ3) is 5.99. The molecule has 1 amide bonds. The second-order valence-electron chi connectivity index (χ2n) is 6.45. The number of hydrogen-bond donors (Lipinski definition) is 1. The normalized spacial score (nSPS) is 10.7. The lowest BCUT2D eigenvalue weighted by molar-refractivity contribution is -0.118. The smallest absolute Gasteiger partial charge is 0.332 e. The summed E-state index contributed by atoms with van der Waals surface area (Å²) in [6.45, 7) is 4.55. The fraction of sp³-hybridized carbons (Fsp3) is 0.450. The maximum atomic E-state index is 12.7. The summed E-state index contributed by atoms with van der Waals surface area (Å²) in [6, 6.07) is 7.93. The number of anilines is 1. The highest BCUT2D eigenvalue weighted by atomic mass is 35.5. The van der Waals surface area contributed by atoms with Gasteiger partial charge in [-0.2, -0.15) is 0 Å². The first-order valence-electron chi connectivity index (χ1n) is 9.49. The molecule has 2 rings (SSSR count). The molecule has 0 unspecified atom stereocenters. The predicted molar refractivity (Wildman–Crippen MR) is 110 cm³/mol. The summed E-state index contributed by atoms with van der Waals surface area (Å²) in [5.41, 5.74) is -0.816. The number of hydrogen-bond acceptors (Lipinski definition) is 4. The average molecular weight is 408 g/mol. The number of aromatic nitrogens is 2. The Hall–Kier alpha value is -2.54. The topological polar surface area (TPSA) is 82.3 Å². The molecular formula is C20H26ClN3O4. The molecule has 0 aliphatic rings. The van der Waals surface area contributed by atoms with Gasteiger partial charge in [0.2, 0.25) is 0 Å². The van der Waals surface area contributed by atoms with Crippen LogP contribution in [0.4, 0.5) is 5.82 Å². The van der Waals surface area contributed by atoms with Gasteiger partial charge in [0, 0.05) is 24.2 Å². The summed E-state index contributed by atoms with van der Waals surface area (Å²) in [5, 5.41) is 3.20. The lowest BCUT2D eigenvalue weighted by Crippen LogP contribution is -2.41. The van der Waals surface area contributed by atoms with E-state index in [0.717, 1.165) is 25.7 Å². The molecule has 1 aromatic carbocycles. The van der Waals surface area contributed by atoms with Crippen LogP contribution in [0.1, 0.15) is 39.5 Å². The Balaban J connectivity index is 2.17. The van der Waals surface area contributed by atoms with Crippen LogP contribution in [0.25, 0.3) is 0 Å². The SMILES string of the molecule is CCCCn1c(NC(=O)COc2ccc(Cl)cc2)cc(=O)n(CCCC)c1=O. The average Bonchev–Trinajstić information content (AvgIpc) is 2.67. The summed E-state index contributed by atoms with van der Waals surface area (Å²) in [5.74, 6) is 0.240. The minimum Gasteiger partial charge on any atom is -0.484 e. The van der Waals surface area contributed by atoms with Crippen molar-refractivity contribution in [2.45, 2.75) is 52.6 Å². The van der Waals surface area contributed by atoms with Crippen LogP contribution in [0.5, 0.6) is 5.75 Å². The number of amides is 1. The minimum absolute atomic E-state index is 0.195. The fourth-order valence-electron chi connectivity index (χ4n) is 2.63. The monoisotopic (exact) mass is 407 g/mol. The van der Waals surface area contributed by atoms with Crippen molar-refractivity contribution < 1.29 is 9.53 Å². The Morgan fingerprint density at radius 1 is 1.04 bits per heavy atom. The van der Waals surface area contributed by atoms with E-state index >= 15 is 0 Å². The van der Waals surface area contributed by atoms with Crippen LogP contribution in [0.15, 0.2) is 39.9 Å². The largest absolute Gasteiger partial charge is 0.484 e. The molecule has 8 heteroatoms. The molecule has 1 aromatic heterocycles. The molecule has 0 saturated heterocycles. The molecule has 0 bridgehead atoms. The van der Waals surface area contributed by atoms with E-state index in [1.54, 1.807) is 24.3 Å². The van der Waals surface area contributed by atoms with Crippen molar-refractivity contribution in [1.82, 2.24) is 9.13 Å². The van der Waals surface area contributed by atoms with E-state index in [1.807, 2.05) is 13.8 Å². The number of halogens is 1. The van der Waals surface area contributed by atoms with E-state index in [2.05, 4.69) is 5.32 Å². The van der Waals surface area contributed by atoms with Crippen molar-refractivity contribution in [1.29, 1.82) is 0 Å². The Labute approximate surface area is 168 Å². The number of ether oxygens (including phenoxy) is 1. The highest BCUT2D eigenvalue weighted by Gasteiger charge is 2.14. The Kier molecular flexibility index (Phi) is 8.32.